The predicted octanol–water partition coefficient (Wildman–Crippen LogP) is 1.30. The number of nitrogens with zero attached hydrogens (tertiary/aromatic N) is 1. The molecule has 0 saturated carbocycles. The van der Waals surface area contributed by atoms with Crippen LogP contribution in [0.1, 0.15) is 32.0 Å². The fraction of sp³-hybridized carbons (Fsp3) is 0.364. The third-order valence-electron chi connectivity index (χ3n) is 2.18. The number of aromatic nitrogens is 2. The second-order valence-electron chi connectivity index (χ2n) is 3.20. The van der Waals surface area contributed by atoms with Gasteiger partial charge in [-0.15, -0.1) is 0 Å². The molecule has 0 aromatic carbocycles. The number of imidazole rings is 1. The van der Waals surface area contributed by atoms with Crippen molar-refractivity contribution in [3.05, 3.63) is 29.2 Å². The average Bonchev–Trinajstić information content (AvgIpc) is 2.47. The highest BCUT2D eigenvalue weighted by atomic mass is 14.9. The van der Waals surface area contributed by atoms with Crippen LogP contribution in [0.2, 0.25) is 0 Å². The van der Waals surface area contributed by atoms with Gasteiger partial charge in [0.25, 0.3) is 0 Å². The summed E-state index contributed by atoms with van der Waals surface area (Å²) in [6.45, 7) is 11.8. The highest BCUT2D eigenvalue weighted by Gasteiger charge is 2.05. The van der Waals surface area contributed by atoms with Gasteiger partial charge in [0.2, 0.25) is 0 Å². The van der Waals surface area contributed by atoms with E-state index in [9.17, 15) is 0 Å². The number of aromatic amines is 1. The first kappa shape index (κ1) is 9.78. The summed E-state index contributed by atoms with van der Waals surface area (Å²) >= 11 is 0. The van der Waals surface area contributed by atoms with Crippen molar-refractivity contribution in [2.24, 2.45) is 0 Å². The Hall–Kier alpha value is -1.31. The summed E-state index contributed by atoms with van der Waals surface area (Å²) in [4.78, 5) is 7.60. The van der Waals surface area contributed by atoms with Gasteiger partial charge in [-0.05, 0) is 12.5 Å². The lowest BCUT2D eigenvalue weighted by Crippen LogP contribution is -2.21. The van der Waals surface area contributed by atoms with E-state index in [2.05, 4.69) is 37.0 Å². The molecule has 70 valence electrons. The molecule has 0 saturated heterocycles. The minimum Gasteiger partial charge on any atom is -0.342 e. The van der Waals surface area contributed by atoms with Gasteiger partial charge >= 0.3 is 0 Å². The molecule has 1 N–H and O–H groups in total. The minimum absolute atomic E-state index is 0.465. The van der Waals surface area contributed by atoms with E-state index in [0.717, 1.165) is 22.9 Å². The van der Waals surface area contributed by atoms with Gasteiger partial charge in [0.1, 0.15) is 5.82 Å². The van der Waals surface area contributed by atoms with Gasteiger partial charge in [-0.3, -0.25) is 0 Å². The van der Waals surface area contributed by atoms with Crippen molar-refractivity contribution < 1.29 is 0 Å². The molecule has 13 heavy (non-hydrogen) atoms. The standard InChI is InChI=1S/C11H16N2/c1-5-7-10-9(4)12-11(13-10)8(3)6-2/h5,7-8H,1,4,6H2,2-3H3,(H,12,13)/b10-7+. The fourth-order valence-corrected chi connectivity index (χ4v) is 1.12. The fourth-order valence-electron chi connectivity index (χ4n) is 1.12. The summed E-state index contributed by atoms with van der Waals surface area (Å²) in [5.74, 6) is 1.48. The Labute approximate surface area is 78.7 Å². The van der Waals surface area contributed by atoms with Crippen LogP contribution in [-0.4, -0.2) is 9.97 Å². The first-order valence-corrected chi connectivity index (χ1v) is 4.56. The van der Waals surface area contributed by atoms with Crippen LogP contribution in [0.25, 0.3) is 12.7 Å². The van der Waals surface area contributed by atoms with Crippen molar-refractivity contribution in [1.29, 1.82) is 0 Å². The van der Waals surface area contributed by atoms with E-state index in [1.807, 2.05) is 6.08 Å². The molecule has 0 radical (unpaired) electrons. The molecule has 1 heterocycles. The predicted molar refractivity (Wildman–Crippen MR) is 56.7 cm³/mol. The topological polar surface area (TPSA) is 28.7 Å². The maximum atomic E-state index is 4.43. The van der Waals surface area contributed by atoms with Gasteiger partial charge < -0.3 is 4.98 Å². The van der Waals surface area contributed by atoms with Gasteiger partial charge in [-0.25, -0.2) is 4.98 Å². The van der Waals surface area contributed by atoms with Crippen LogP contribution in [0, 0.1) is 0 Å². The lowest BCUT2D eigenvalue weighted by molar-refractivity contribution is 0.687. The van der Waals surface area contributed by atoms with Crippen LogP contribution in [0.5, 0.6) is 0 Å². The lowest BCUT2D eigenvalue weighted by Gasteiger charge is -2.01. The zero-order chi connectivity index (χ0) is 9.84. The SMILES string of the molecule is C=C/C=c1/nc(C(C)CC)[nH]c1=C. The molecule has 0 amide bonds. The van der Waals surface area contributed by atoms with Crippen LogP contribution in [0.3, 0.4) is 0 Å². The Morgan fingerprint density at radius 2 is 2.31 bits per heavy atom. The Morgan fingerprint density at radius 3 is 2.85 bits per heavy atom. The van der Waals surface area contributed by atoms with E-state index < -0.39 is 0 Å². The first-order chi connectivity index (χ1) is 6.19. The van der Waals surface area contributed by atoms with Crippen molar-refractivity contribution in [2.75, 3.05) is 0 Å². The summed E-state index contributed by atoms with van der Waals surface area (Å²) in [6.07, 6.45) is 4.68. The van der Waals surface area contributed by atoms with E-state index in [1.54, 1.807) is 6.08 Å². The molecule has 0 bridgehead atoms. The monoisotopic (exact) mass is 176 g/mol. The smallest absolute Gasteiger partial charge is 0.110 e. The Balaban J connectivity index is 3.16. The lowest BCUT2D eigenvalue weighted by atomic mass is 10.1. The molecule has 0 aliphatic rings. The van der Waals surface area contributed by atoms with Crippen molar-refractivity contribution in [3.8, 4) is 0 Å². The van der Waals surface area contributed by atoms with Gasteiger partial charge in [0, 0.05) is 5.92 Å². The van der Waals surface area contributed by atoms with Crippen LogP contribution in [0.4, 0.5) is 0 Å². The molecule has 1 rings (SSSR count). The van der Waals surface area contributed by atoms with E-state index in [-0.39, 0.29) is 0 Å². The second-order valence-corrected chi connectivity index (χ2v) is 3.20. The third-order valence-corrected chi connectivity index (χ3v) is 2.18. The van der Waals surface area contributed by atoms with Gasteiger partial charge in [0.05, 0.1) is 10.7 Å². The Bertz CT molecular complexity index is 387. The Kier molecular flexibility index (Phi) is 3.07. The van der Waals surface area contributed by atoms with Gasteiger partial charge in [-0.1, -0.05) is 33.1 Å². The molecule has 1 atom stereocenters. The van der Waals surface area contributed by atoms with Crippen molar-refractivity contribution in [2.45, 2.75) is 26.2 Å². The second kappa shape index (κ2) is 4.08. The first-order valence-electron chi connectivity index (χ1n) is 4.56. The molecule has 1 aromatic rings. The number of nitrogens with one attached hydrogen (secondary N) is 1. The summed E-state index contributed by atoms with van der Waals surface area (Å²) in [5, 5.41) is 1.76. The number of H-pyrrole nitrogens is 1. The maximum Gasteiger partial charge on any atom is 0.110 e. The summed E-state index contributed by atoms with van der Waals surface area (Å²) in [5.41, 5.74) is 0. The molecule has 2 heteroatoms. The van der Waals surface area contributed by atoms with Gasteiger partial charge in [-0.2, -0.15) is 0 Å². The molecule has 0 spiro atoms. The van der Waals surface area contributed by atoms with Crippen LogP contribution in [0.15, 0.2) is 12.7 Å². The van der Waals surface area contributed by atoms with Crippen LogP contribution >= 0.6 is 0 Å². The van der Waals surface area contributed by atoms with Crippen LogP contribution < -0.4 is 10.7 Å². The molecule has 1 unspecified atom stereocenters. The van der Waals surface area contributed by atoms with E-state index in [4.69, 9.17) is 0 Å². The van der Waals surface area contributed by atoms with Crippen molar-refractivity contribution in [3.63, 3.8) is 0 Å². The molecule has 2 nitrogen and oxygen atoms in total. The quantitative estimate of drug-likeness (QED) is 0.739. The number of rotatable bonds is 3. The van der Waals surface area contributed by atoms with E-state index >= 15 is 0 Å². The van der Waals surface area contributed by atoms with Gasteiger partial charge in [0.15, 0.2) is 0 Å². The third kappa shape index (κ3) is 2.08. The van der Waals surface area contributed by atoms with Crippen molar-refractivity contribution >= 4 is 12.7 Å². The van der Waals surface area contributed by atoms with E-state index in [1.165, 1.54) is 0 Å². The highest BCUT2D eigenvalue weighted by Crippen LogP contribution is 2.10. The van der Waals surface area contributed by atoms with Crippen LogP contribution in [-0.2, 0) is 0 Å². The van der Waals surface area contributed by atoms with Crippen molar-refractivity contribution in [1.82, 2.24) is 9.97 Å². The summed E-state index contributed by atoms with van der Waals surface area (Å²) in [6, 6.07) is 0. The molecule has 1 aromatic heterocycles. The molecular weight excluding hydrogens is 160 g/mol. The highest BCUT2D eigenvalue weighted by molar-refractivity contribution is 5.32. The van der Waals surface area contributed by atoms with E-state index in [0.29, 0.717) is 5.92 Å². The Morgan fingerprint density at radius 1 is 1.62 bits per heavy atom. The zero-order valence-electron chi connectivity index (χ0n) is 8.30. The maximum absolute atomic E-state index is 4.43. The molecular formula is C11H16N2. The number of allylic oxidation sites excluding steroid dienone is 1. The number of hydrogen-bond acceptors (Lipinski definition) is 1. The molecule has 0 aliphatic heterocycles. The summed E-state index contributed by atoms with van der Waals surface area (Å²) in [7, 11) is 0. The molecule has 0 aliphatic carbocycles. The number of hydrogen-bond donors (Lipinski definition) is 1. The largest absolute Gasteiger partial charge is 0.342 e. The summed E-state index contributed by atoms with van der Waals surface area (Å²) < 4.78 is 0. The minimum atomic E-state index is 0.465. The molecule has 0 fully saturated rings. The normalized spacial score (nSPS) is 14.5. The average molecular weight is 176 g/mol. The zero-order valence-corrected chi connectivity index (χ0v) is 8.30.